The number of hydrogen-bond donors (Lipinski definition) is 14. The fraction of sp³-hybridized carbons (Fsp3) is 0.413. The number of aliphatic hydroxyl groups is 4. The summed E-state index contributed by atoms with van der Waals surface area (Å²) < 4.78 is 158. The Balaban J connectivity index is 0.00000166. The van der Waals surface area contributed by atoms with Gasteiger partial charge in [0.15, 0.2) is 0 Å². The van der Waals surface area contributed by atoms with Crippen molar-refractivity contribution in [2.45, 2.75) is 262 Å². The zero-order valence-electron chi connectivity index (χ0n) is 87.7. The molecule has 0 heterocycles. The highest BCUT2D eigenvalue weighted by molar-refractivity contribution is 9.08. The second kappa shape index (κ2) is 66.4. The van der Waals surface area contributed by atoms with Gasteiger partial charge in [0.05, 0.1) is 115 Å². The summed E-state index contributed by atoms with van der Waals surface area (Å²) in [7, 11) is 0. The number of nitrogens with zero attached hydrogens (tertiary/aromatic N) is 2. The number of aryl methyl sites for hydroxylation is 2. The number of carbonyl (C=O) groups is 7. The maximum absolute atomic E-state index is 13.9. The van der Waals surface area contributed by atoms with Crippen LogP contribution >= 0.6 is 15.9 Å². The van der Waals surface area contributed by atoms with Crippen LogP contribution in [0.25, 0.3) is 0 Å². The SMILES string of the molecule is CC(C)(C)OC(=O)Nc1cc(CBr)ccc1F.CC(C)(C)OC(=O)Nc1cc(CO)ccc1F.CCc1ccc(F)c(N)c1.CCc1ccc(F)c(NC(=O)OC(C)(C)C)c1.C[C@@H](N)COCc1ccc(F)c(N)c1.C[C@H](CO)NC(=O)OC(C)(C)C.C[C@H](COCc1ccc(F)c(NC(=O)OC(C)(C)C)c1)NC(=O)OC(C)(C)C.Nc1cc(CO)ccc1F.O=Cc1ccc(F)c([N+](=O)[O-])c1.O=[N+]([O-])c1cc(CO)ccc1F. The summed E-state index contributed by atoms with van der Waals surface area (Å²) in [6.45, 7) is 41.4. The molecule has 149 heavy (non-hydrogen) atoms. The zero-order valence-corrected chi connectivity index (χ0v) is 89.3. The van der Waals surface area contributed by atoms with Crippen molar-refractivity contribution < 1.29 is 141 Å². The standard InChI is InChI=1S/C20H31FN2O5.C13H18FNO2.C12H15BrFNO2.C12H16FNO3.C10H15FN2O.C8H10FN.C8H17NO3.C7H6FNO3.C7H4FNO3.C7H8FNO/c1-13(22-17(24)27-19(2,3)4)11-26-12-14-8-9-15(21)16(10-14)23-18(25)28-20(5,6)7;1-5-9-6-7-10(14)11(8-9)15-12(16)17-13(2,3)4;1-12(2,3)17-11(16)15-10-6-8(7-13)4-5-9(10)14;1-12(2,3)17-11(16)14-10-6-8(7-15)4-5-9(10)13;1-7(12)5-14-6-8-2-3-9(11)10(13)4-8;1-2-6-3-4-7(9)8(10)5-6;1-6(5-10)9-7(11)12-8(2,3)4;2*8-6-2-1-5(4-10)3-7(6)9(11)12;8-6-2-1-5(4-10)3-7(6)9/h8-10,13H,11-12H2,1-7H3,(H,22,24)(H,23,25);6-8H,5H2,1-4H3,(H,15,16);4-6H,7H2,1-3H3,(H,15,16);4-6,15H,7H2,1-3H3,(H,14,16);2-4,7H,5-6,12-13H2,1H3;3-5H,2,10H2,1H3;6,10H,5H2,1-4H3,(H,9,11);1-3,10H,4H2;1-4H;1-3,10H,4,9H2/t13-;;;;7-;;6-;;;/m1...1.1.../s1. The van der Waals surface area contributed by atoms with Crippen LogP contribution in [0.15, 0.2) is 164 Å². The molecule has 824 valence electrons. The minimum atomic E-state index is -0.939. The Morgan fingerprint density at radius 3 is 0.919 bits per heavy atom. The molecule has 0 aliphatic carbocycles. The van der Waals surface area contributed by atoms with Crippen LogP contribution in [-0.4, -0.2) is 145 Å². The number of aldehydes is 1. The summed E-state index contributed by atoms with van der Waals surface area (Å²) in [5.41, 5.74) is 23.2. The second-order valence-corrected chi connectivity index (χ2v) is 38.6. The van der Waals surface area contributed by atoms with Crippen molar-refractivity contribution in [3.8, 4) is 0 Å². The first-order valence-electron chi connectivity index (χ1n) is 45.9. The van der Waals surface area contributed by atoms with Gasteiger partial charge in [-0.2, -0.15) is 8.78 Å². The van der Waals surface area contributed by atoms with Gasteiger partial charge in [0.1, 0.15) is 80.6 Å². The van der Waals surface area contributed by atoms with Crippen molar-refractivity contribution in [1.29, 1.82) is 0 Å². The predicted octanol–water partition coefficient (Wildman–Crippen LogP) is 22.9. The number of nitrogens with two attached hydrogens (primary N) is 4. The zero-order chi connectivity index (χ0) is 114. The van der Waals surface area contributed by atoms with E-state index in [-0.39, 0.29) is 109 Å². The highest BCUT2D eigenvalue weighted by Crippen LogP contribution is 2.27. The summed E-state index contributed by atoms with van der Waals surface area (Å²) in [6.07, 6.45) is -1.70. The monoisotopic (exact) mass is 2170 g/mol. The maximum Gasteiger partial charge on any atom is 0.412 e. The molecule has 0 aromatic heterocycles. The van der Waals surface area contributed by atoms with E-state index in [2.05, 4.69) is 47.8 Å². The number of benzene rings is 9. The van der Waals surface area contributed by atoms with Gasteiger partial charge < -0.3 is 91.9 Å². The van der Waals surface area contributed by atoms with Crippen LogP contribution in [0.5, 0.6) is 0 Å². The van der Waals surface area contributed by atoms with Crippen molar-refractivity contribution in [3.05, 3.63) is 286 Å². The van der Waals surface area contributed by atoms with Gasteiger partial charge in [0.25, 0.3) is 0 Å². The first-order valence-corrected chi connectivity index (χ1v) is 47.0. The van der Waals surface area contributed by atoms with Gasteiger partial charge in [-0.15, -0.1) is 0 Å². The fourth-order valence-electron chi connectivity index (χ4n) is 10.4. The average molecular weight is 2180 g/mol. The number of amides is 6. The molecule has 3 atom stereocenters. The molecule has 0 bridgehead atoms. The number of nitro groups is 2. The van der Waals surface area contributed by atoms with Gasteiger partial charge in [-0.3, -0.25) is 46.3 Å². The number of anilines is 7. The Bertz CT molecular complexity index is 5500. The number of nitrogen functional groups attached to an aromatic ring is 3. The van der Waals surface area contributed by atoms with Crippen LogP contribution in [0.1, 0.15) is 214 Å². The third-order valence-electron chi connectivity index (χ3n) is 17.0. The molecule has 0 spiro atoms. The quantitative estimate of drug-likeness (QED) is 0.00508. The highest BCUT2D eigenvalue weighted by Gasteiger charge is 2.25. The molecule has 18 N–H and O–H groups in total. The molecular formula is C104H140BrF9N12O23. The number of carbonyl (C=O) groups excluding carboxylic acids is 7. The Kier molecular flexibility index (Phi) is 60.2. The van der Waals surface area contributed by atoms with Gasteiger partial charge >= 0.3 is 47.9 Å². The van der Waals surface area contributed by atoms with Crippen LogP contribution in [0.4, 0.5) is 119 Å². The third-order valence-corrected chi connectivity index (χ3v) is 17.6. The minimum absolute atomic E-state index is 0.00722. The Hall–Kier alpha value is -14.0. The molecule has 0 saturated carbocycles. The number of alkyl halides is 1. The fourth-order valence-corrected chi connectivity index (χ4v) is 10.7. The summed E-state index contributed by atoms with van der Waals surface area (Å²) in [5, 5.41) is 70.2. The highest BCUT2D eigenvalue weighted by atomic mass is 79.9. The number of rotatable bonds is 24. The normalized spacial score (nSPS) is 11.4. The number of ether oxygens (including phenoxy) is 8. The van der Waals surface area contributed by atoms with Crippen molar-refractivity contribution in [2.24, 2.45) is 5.73 Å². The average Bonchev–Trinajstić information content (AvgIpc) is 0.864. The van der Waals surface area contributed by atoms with Crippen LogP contribution in [-0.2, 0) is 89.1 Å². The van der Waals surface area contributed by atoms with Crippen LogP contribution < -0.4 is 54.8 Å². The molecule has 9 aromatic rings. The van der Waals surface area contributed by atoms with Crippen molar-refractivity contribution >= 4 is 110 Å². The molecule has 35 nitrogen and oxygen atoms in total. The molecule has 9 aromatic carbocycles. The molecule has 0 aliphatic heterocycles. The molecule has 0 unspecified atom stereocenters. The summed E-state index contributed by atoms with van der Waals surface area (Å²) >= 11 is 3.26. The molecular weight excluding hydrogens is 2040 g/mol. The molecule has 9 rings (SSSR count). The number of alkyl carbamates (subject to hydrolysis) is 2. The molecule has 45 heteroatoms. The minimum Gasteiger partial charge on any atom is -0.444 e. The summed E-state index contributed by atoms with van der Waals surface area (Å²) in [4.78, 5) is 97.6. The van der Waals surface area contributed by atoms with Gasteiger partial charge in [0.2, 0.25) is 11.6 Å². The third kappa shape index (κ3) is 62.7. The van der Waals surface area contributed by atoms with E-state index in [1.165, 1.54) is 84.9 Å². The van der Waals surface area contributed by atoms with Gasteiger partial charge in [-0.1, -0.05) is 78.3 Å². The number of nitrogens with one attached hydrogen (secondary N) is 6. The lowest BCUT2D eigenvalue weighted by Crippen LogP contribution is -2.39. The van der Waals surface area contributed by atoms with Crippen molar-refractivity contribution in [3.63, 3.8) is 0 Å². The van der Waals surface area contributed by atoms with E-state index in [4.69, 9.17) is 81.3 Å². The number of nitro benzene ring substituents is 2. The van der Waals surface area contributed by atoms with E-state index in [9.17, 15) is 93.3 Å². The Morgan fingerprint density at radius 2 is 0.604 bits per heavy atom. The number of halogens is 10. The van der Waals surface area contributed by atoms with E-state index in [1.54, 1.807) is 193 Å². The lowest BCUT2D eigenvalue weighted by atomic mass is 10.1. The van der Waals surface area contributed by atoms with Crippen LogP contribution in [0.3, 0.4) is 0 Å². The van der Waals surface area contributed by atoms with Crippen LogP contribution in [0, 0.1) is 72.6 Å². The maximum atomic E-state index is 13.9. The van der Waals surface area contributed by atoms with E-state index in [1.807, 2.05) is 20.8 Å². The second-order valence-electron chi connectivity index (χ2n) is 38.1. The molecule has 0 aliphatic rings. The molecule has 0 fully saturated rings. The van der Waals surface area contributed by atoms with E-state index in [0.29, 0.717) is 47.1 Å². The Labute approximate surface area is 870 Å². The van der Waals surface area contributed by atoms with Gasteiger partial charge in [0, 0.05) is 29.1 Å². The largest absolute Gasteiger partial charge is 0.444 e. The first-order chi connectivity index (χ1) is 68.9. The van der Waals surface area contributed by atoms with Crippen molar-refractivity contribution in [1.82, 2.24) is 10.6 Å². The van der Waals surface area contributed by atoms with Crippen molar-refractivity contribution in [2.75, 3.05) is 58.3 Å². The predicted molar refractivity (Wildman–Crippen MR) is 556 cm³/mol. The molecule has 0 saturated heterocycles. The van der Waals surface area contributed by atoms with E-state index < -0.39 is 138 Å². The van der Waals surface area contributed by atoms with Gasteiger partial charge in [-0.05, 0) is 306 Å². The number of hydrogen-bond acceptors (Lipinski definition) is 27. The lowest BCUT2D eigenvalue weighted by Gasteiger charge is -2.22. The smallest absolute Gasteiger partial charge is 0.412 e. The molecule has 0 radical (unpaired) electrons. The van der Waals surface area contributed by atoms with Gasteiger partial charge in [-0.25, -0.2) is 59.5 Å². The first kappa shape index (κ1) is 135. The van der Waals surface area contributed by atoms with E-state index in [0.717, 1.165) is 59.4 Å². The topological polar surface area (TPSA) is 537 Å². The molecule has 6 amide bonds. The lowest BCUT2D eigenvalue weighted by molar-refractivity contribution is -0.387. The number of aliphatic hydroxyl groups excluding tert-OH is 4. The van der Waals surface area contributed by atoms with Crippen LogP contribution in [0.2, 0.25) is 0 Å². The summed E-state index contributed by atoms with van der Waals surface area (Å²) in [6, 6.07) is 36.6. The summed E-state index contributed by atoms with van der Waals surface area (Å²) in [5.74, 6) is -5.12. The van der Waals surface area contributed by atoms with E-state index >= 15 is 0 Å². The Morgan fingerprint density at radius 1 is 0.356 bits per heavy atom.